The van der Waals surface area contributed by atoms with Gasteiger partial charge in [-0.05, 0) is 25.2 Å². The van der Waals surface area contributed by atoms with E-state index in [-0.39, 0.29) is 18.1 Å². The quantitative estimate of drug-likeness (QED) is 0.718. The number of aliphatic carboxylic acids is 1. The lowest BCUT2D eigenvalue weighted by atomic mass is 9.80. The van der Waals surface area contributed by atoms with Crippen LogP contribution < -0.4 is 0 Å². The third-order valence-electron chi connectivity index (χ3n) is 3.56. The highest BCUT2D eigenvalue weighted by Crippen LogP contribution is 2.33. The highest BCUT2D eigenvalue weighted by atomic mass is 16.8. The first-order valence-corrected chi connectivity index (χ1v) is 8.22. The predicted molar refractivity (Wildman–Crippen MR) is 86.6 cm³/mol. The van der Waals surface area contributed by atoms with Crippen molar-refractivity contribution >= 4 is 5.97 Å². The zero-order valence-corrected chi connectivity index (χ0v) is 14.8. The van der Waals surface area contributed by atoms with Crippen molar-refractivity contribution in [3.63, 3.8) is 0 Å². The van der Waals surface area contributed by atoms with Crippen LogP contribution in [-0.2, 0) is 19.0 Å². The summed E-state index contributed by atoms with van der Waals surface area (Å²) in [7, 11) is 0. The van der Waals surface area contributed by atoms with Gasteiger partial charge in [0.2, 0.25) is 0 Å². The largest absolute Gasteiger partial charge is 0.481 e. The van der Waals surface area contributed by atoms with E-state index in [4.69, 9.17) is 24.6 Å². The fraction of sp³-hybridized carbons (Fsp3) is 0.882. The molecule has 1 rings (SSSR count). The Hall–Kier alpha value is -1.16. The zero-order chi connectivity index (χ0) is 17.7. The Morgan fingerprint density at radius 3 is 2.57 bits per heavy atom. The first-order valence-electron chi connectivity index (χ1n) is 8.22. The first-order chi connectivity index (χ1) is 10.8. The molecule has 0 aromatic carbocycles. The number of carboxylic acids is 1. The number of carbonyl (C=O) groups is 1. The van der Waals surface area contributed by atoms with Gasteiger partial charge in [0, 0.05) is 25.4 Å². The van der Waals surface area contributed by atoms with E-state index in [1.807, 2.05) is 13.0 Å². The SMILES string of the molecule is CCO[C@H]1OCOC[C@H]1C(C)(C)C.N#CCCCCCC(=O)O. The van der Waals surface area contributed by atoms with Crippen LogP contribution in [0.1, 0.15) is 59.8 Å². The lowest BCUT2D eigenvalue weighted by Crippen LogP contribution is -2.43. The molecule has 0 aromatic heterocycles. The number of hydrogen-bond donors (Lipinski definition) is 1. The molecule has 6 nitrogen and oxygen atoms in total. The number of unbranched alkanes of at least 4 members (excludes halogenated alkanes) is 3. The molecule has 0 bridgehead atoms. The first kappa shape index (κ1) is 21.8. The maximum atomic E-state index is 9.97. The standard InChI is InChI=1S/C10H20O3.C7H11NO2/c1-5-12-9-8(10(2,3)4)6-11-7-13-9;8-6-4-2-1-3-5-7(9)10/h8-9H,5-7H2,1-4H3;1-5H2,(H,9,10)/t8-,9+;/m1./s1. The Kier molecular flexibility index (Phi) is 11.7. The van der Waals surface area contributed by atoms with Crippen LogP contribution in [0, 0.1) is 22.7 Å². The second-order valence-electron chi connectivity index (χ2n) is 6.56. The molecule has 134 valence electrons. The van der Waals surface area contributed by atoms with Crippen LogP contribution in [0.4, 0.5) is 0 Å². The van der Waals surface area contributed by atoms with Crippen molar-refractivity contribution in [3.8, 4) is 6.07 Å². The summed E-state index contributed by atoms with van der Waals surface area (Å²) in [5.41, 5.74) is 0.167. The van der Waals surface area contributed by atoms with Crippen molar-refractivity contribution in [2.75, 3.05) is 20.0 Å². The van der Waals surface area contributed by atoms with Gasteiger partial charge in [0.25, 0.3) is 0 Å². The summed E-state index contributed by atoms with van der Waals surface area (Å²) in [4.78, 5) is 9.97. The van der Waals surface area contributed by atoms with Crippen LogP contribution in [0.3, 0.4) is 0 Å². The van der Waals surface area contributed by atoms with E-state index in [1.165, 1.54) is 0 Å². The molecule has 1 saturated heterocycles. The molecular weight excluding hydrogens is 298 g/mol. The summed E-state index contributed by atoms with van der Waals surface area (Å²) in [6, 6.07) is 2.01. The maximum absolute atomic E-state index is 9.97. The van der Waals surface area contributed by atoms with Crippen molar-refractivity contribution in [1.82, 2.24) is 0 Å². The summed E-state index contributed by atoms with van der Waals surface area (Å²) in [6.45, 7) is 10.3. The molecule has 23 heavy (non-hydrogen) atoms. The van der Waals surface area contributed by atoms with E-state index < -0.39 is 5.97 Å². The van der Waals surface area contributed by atoms with Crippen molar-refractivity contribution in [3.05, 3.63) is 0 Å². The number of rotatable bonds is 7. The zero-order valence-electron chi connectivity index (χ0n) is 14.8. The Morgan fingerprint density at radius 2 is 2.04 bits per heavy atom. The number of carboxylic acid groups (broad SMARTS) is 1. The van der Waals surface area contributed by atoms with Gasteiger partial charge in [-0.15, -0.1) is 0 Å². The van der Waals surface area contributed by atoms with E-state index in [1.54, 1.807) is 0 Å². The second kappa shape index (κ2) is 12.3. The molecule has 0 saturated carbocycles. The number of nitrogens with zero attached hydrogens (tertiary/aromatic N) is 1. The normalized spacial score (nSPS) is 21.0. The number of ether oxygens (including phenoxy) is 3. The summed E-state index contributed by atoms with van der Waals surface area (Å²) in [5, 5.41) is 16.3. The van der Waals surface area contributed by atoms with Crippen molar-refractivity contribution in [2.45, 2.75) is 66.1 Å². The Labute approximate surface area is 139 Å². The molecule has 1 N–H and O–H groups in total. The lowest BCUT2D eigenvalue weighted by molar-refractivity contribution is -0.279. The number of nitriles is 1. The van der Waals surface area contributed by atoms with Gasteiger partial charge in [-0.3, -0.25) is 4.79 Å². The lowest BCUT2D eigenvalue weighted by Gasteiger charge is -2.39. The minimum atomic E-state index is -0.753. The fourth-order valence-electron chi connectivity index (χ4n) is 2.13. The van der Waals surface area contributed by atoms with Crippen LogP contribution in [0.15, 0.2) is 0 Å². The molecule has 0 spiro atoms. The van der Waals surface area contributed by atoms with Crippen LogP contribution in [0.25, 0.3) is 0 Å². The minimum absolute atomic E-state index is 0.0984. The van der Waals surface area contributed by atoms with Crippen LogP contribution in [0.2, 0.25) is 0 Å². The molecule has 1 fully saturated rings. The summed E-state index contributed by atoms with van der Waals surface area (Å²) in [6.07, 6.45) is 3.03. The summed E-state index contributed by atoms with van der Waals surface area (Å²) >= 11 is 0. The Morgan fingerprint density at radius 1 is 1.35 bits per heavy atom. The van der Waals surface area contributed by atoms with Gasteiger partial charge in [-0.1, -0.05) is 27.2 Å². The Balaban J connectivity index is 0.000000438. The minimum Gasteiger partial charge on any atom is -0.481 e. The monoisotopic (exact) mass is 329 g/mol. The van der Waals surface area contributed by atoms with Crippen LogP contribution in [-0.4, -0.2) is 37.4 Å². The van der Waals surface area contributed by atoms with Gasteiger partial charge in [-0.2, -0.15) is 5.26 Å². The molecule has 0 aliphatic carbocycles. The van der Waals surface area contributed by atoms with Gasteiger partial charge < -0.3 is 19.3 Å². The maximum Gasteiger partial charge on any atom is 0.303 e. The molecule has 2 atom stereocenters. The molecule has 6 heteroatoms. The average Bonchev–Trinajstić information content (AvgIpc) is 2.47. The Bertz CT molecular complexity index is 357. The third-order valence-corrected chi connectivity index (χ3v) is 3.56. The molecule has 1 aliphatic heterocycles. The van der Waals surface area contributed by atoms with E-state index >= 15 is 0 Å². The van der Waals surface area contributed by atoms with Crippen molar-refractivity contribution < 1.29 is 24.1 Å². The van der Waals surface area contributed by atoms with Crippen molar-refractivity contribution in [2.24, 2.45) is 11.3 Å². The van der Waals surface area contributed by atoms with Gasteiger partial charge in [0.15, 0.2) is 6.29 Å². The number of hydrogen-bond acceptors (Lipinski definition) is 5. The van der Waals surface area contributed by atoms with Gasteiger partial charge >= 0.3 is 5.97 Å². The van der Waals surface area contributed by atoms with Crippen LogP contribution >= 0.6 is 0 Å². The summed E-state index contributed by atoms with van der Waals surface area (Å²) in [5.74, 6) is -0.432. The molecule has 0 unspecified atom stereocenters. The molecule has 0 radical (unpaired) electrons. The fourth-order valence-corrected chi connectivity index (χ4v) is 2.13. The van der Waals surface area contributed by atoms with Crippen molar-refractivity contribution in [1.29, 1.82) is 5.26 Å². The van der Waals surface area contributed by atoms with Gasteiger partial charge in [0.1, 0.15) is 6.79 Å². The van der Waals surface area contributed by atoms with Gasteiger partial charge in [0.05, 0.1) is 12.7 Å². The second-order valence-corrected chi connectivity index (χ2v) is 6.56. The molecular formula is C17H31NO5. The van der Waals surface area contributed by atoms with Gasteiger partial charge in [-0.25, -0.2) is 0 Å². The smallest absolute Gasteiger partial charge is 0.303 e. The topological polar surface area (TPSA) is 88.8 Å². The predicted octanol–water partition coefficient (Wildman–Crippen LogP) is 3.56. The summed E-state index contributed by atoms with van der Waals surface area (Å²) < 4.78 is 16.2. The average molecular weight is 329 g/mol. The highest BCUT2D eigenvalue weighted by molar-refractivity contribution is 5.66. The molecule has 0 aromatic rings. The van der Waals surface area contributed by atoms with E-state index in [0.717, 1.165) is 19.4 Å². The molecule has 0 amide bonds. The third kappa shape index (κ3) is 11.1. The van der Waals surface area contributed by atoms with E-state index in [2.05, 4.69) is 20.8 Å². The molecule has 1 aliphatic rings. The van der Waals surface area contributed by atoms with E-state index in [9.17, 15) is 4.79 Å². The van der Waals surface area contributed by atoms with E-state index in [0.29, 0.717) is 32.2 Å². The highest BCUT2D eigenvalue weighted by Gasteiger charge is 2.36. The molecule has 1 heterocycles. The van der Waals surface area contributed by atoms with Crippen LogP contribution in [0.5, 0.6) is 0 Å².